The molecule has 2 amide bonds. The Morgan fingerprint density at radius 1 is 1.53 bits per heavy atom. The number of hydrogen-bond acceptors (Lipinski definition) is 4. The number of carbonyl (C=O) groups excluding carboxylic acids is 1. The van der Waals surface area contributed by atoms with Crippen LogP contribution in [0.15, 0.2) is 11.6 Å². The van der Waals surface area contributed by atoms with Crippen LogP contribution in [0.1, 0.15) is 44.7 Å². The number of carbonyl (C=O) groups is 2. The minimum Gasteiger partial charge on any atom is -0.481 e. The van der Waals surface area contributed by atoms with Crippen LogP contribution in [0.4, 0.5) is 4.79 Å². The molecule has 1 rings (SSSR count). The quantitative estimate of drug-likeness (QED) is 0.746. The van der Waals surface area contributed by atoms with Gasteiger partial charge >= 0.3 is 12.0 Å². The van der Waals surface area contributed by atoms with Crippen LogP contribution >= 0.6 is 11.3 Å². The first-order chi connectivity index (χ1) is 8.84. The molecule has 1 unspecified atom stereocenters. The SMILES string of the molecule is CCC(NC(=O)NC(C)(C)CC(=O)O)c1nccs1. The highest BCUT2D eigenvalue weighted by molar-refractivity contribution is 7.09. The average Bonchev–Trinajstić information content (AvgIpc) is 2.76. The minimum absolute atomic E-state index is 0.130. The summed E-state index contributed by atoms with van der Waals surface area (Å²) in [5, 5.41) is 16.9. The van der Waals surface area contributed by atoms with Gasteiger partial charge in [0.25, 0.3) is 0 Å². The summed E-state index contributed by atoms with van der Waals surface area (Å²) in [5.41, 5.74) is -0.795. The number of thiazole rings is 1. The lowest BCUT2D eigenvalue weighted by Crippen LogP contribution is -2.50. The zero-order valence-corrected chi connectivity index (χ0v) is 12.1. The molecule has 0 saturated heterocycles. The lowest BCUT2D eigenvalue weighted by molar-refractivity contribution is -0.138. The summed E-state index contributed by atoms with van der Waals surface area (Å²) < 4.78 is 0. The van der Waals surface area contributed by atoms with Crippen molar-refractivity contribution in [2.75, 3.05) is 0 Å². The van der Waals surface area contributed by atoms with Gasteiger partial charge in [0, 0.05) is 17.1 Å². The van der Waals surface area contributed by atoms with Crippen molar-refractivity contribution in [1.29, 1.82) is 0 Å². The van der Waals surface area contributed by atoms with Crippen molar-refractivity contribution in [2.24, 2.45) is 0 Å². The van der Waals surface area contributed by atoms with Crippen LogP contribution in [0.2, 0.25) is 0 Å². The first kappa shape index (κ1) is 15.4. The van der Waals surface area contributed by atoms with Crippen LogP contribution in [0, 0.1) is 0 Å². The summed E-state index contributed by atoms with van der Waals surface area (Å²) in [5.74, 6) is -0.947. The van der Waals surface area contributed by atoms with Gasteiger partial charge in [-0.2, -0.15) is 0 Å². The van der Waals surface area contributed by atoms with Gasteiger partial charge in [0.1, 0.15) is 5.01 Å². The lowest BCUT2D eigenvalue weighted by Gasteiger charge is -2.26. The molecule has 0 aliphatic carbocycles. The summed E-state index contributed by atoms with van der Waals surface area (Å²) in [4.78, 5) is 26.7. The van der Waals surface area contributed by atoms with Crippen molar-refractivity contribution in [1.82, 2.24) is 15.6 Å². The van der Waals surface area contributed by atoms with E-state index in [0.717, 1.165) is 11.4 Å². The highest BCUT2D eigenvalue weighted by Gasteiger charge is 2.25. The number of urea groups is 1. The van der Waals surface area contributed by atoms with Gasteiger partial charge in [-0.25, -0.2) is 9.78 Å². The van der Waals surface area contributed by atoms with Crippen molar-refractivity contribution in [3.05, 3.63) is 16.6 Å². The molecular weight excluding hydrogens is 266 g/mol. The monoisotopic (exact) mass is 285 g/mol. The van der Waals surface area contributed by atoms with E-state index < -0.39 is 11.5 Å². The van der Waals surface area contributed by atoms with Crippen LogP contribution in [-0.4, -0.2) is 27.6 Å². The van der Waals surface area contributed by atoms with Crippen molar-refractivity contribution >= 4 is 23.3 Å². The Kier molecular flexibility index (Phi) is 5.29. The van der Waals surface area contributed by atoms with Crippen LogP contribution in [0.5, 0.6) is 0 Å². The second kappa shape index (κ2) is 6.51. The van der Waals surface area contributed by atoms with E-state index in [1.54, 1.807) is 20.0 Å². The normalized spacial score (nSPS) is 12.8. The third-order valence-electron chi connectivity index (χ3n) is 2.51. The van der Waals surface area contributed by atoms with E-state index in [0.29, 0.717) is 0 Å². The number of carboxylic acids is 1. The standard InChI is InChI=1S/C12H19N3O3S/c1-4-8(10-13-5-6-19-10)14-11(18)15-12(2,3)7-9(16)17/h5-6,8H,4,7H2,1-3H3,(H,16,17)(H2,14,15,18). The Hall–Kier alpha value is -1.63. The number of amides is 2. The third-order valence-corrected chi connectivity index (χ3v) is 3.40. The van der Waals surface area contributed by atoms with Gasteiger partial charge in [0.2, 0.25) is 0 Å². The second-order valence-electron chi connectivity index (χ2n) is 4.88. The number of rotatable bonds is 6. The molecule has 0 aliphatic rings. The minimum atomic E-state index is -0.947. The molecular formula is C12H19N3O3S. The fourth-order valence-electron chi connectivity index (χ4n) is 1.67. The zero-order valence-electron chi connectivity index (χ0n) is 11.3. The Bertz CT molecular complexity index is 431. The summed E-state index contributed by atoms with van der Waals surface area (Å²) >= 11 is 1.48. The summed E-state index contributed by atoms with van der Waals surface area (Å²) in [6.07, 6.45) is 2.28. The number of nitrogens with zero attached hydrogens (tertiary/aromatic N) is 1. The second-order valence-corrected chi connectivity index (χ2v) is 5.81. The summed E-state index contributed by atoms with van der Waals surface area (Å²) in [6, 6.07) is -0.533. The fourth-order valence-corrected chi connectivity index (χ4v) is 2.44. The van der Waals surface area contributed by atoms with Crippen LogP contribution in [0.3, 0.4) is 0 Å². The van der Waals surface area contributed by atoms with Crippen molar-refractivity contribution in [3.63, 3.8) is 0 Å². The van der Waals surface area contributed by atoms with E-state index in [9.17, 15) is 9.59 Å². The molecule has 0 saturated carbocycles. The Morgan fingerprint density at radius 2 is 2.21 bits per heavy atom. The van der Waals surface area contributed by atoms with Gasteiger partial charge in [-0.15, -0.1) is 11.3 Å². The average molecular weight is 285 g/mol. The van der Waals surface area contributed by atoms with Gasteiger partial charge in [-0.05, 0) is 20.3 Å². The molecule has 19 heavy (non-hydrogen) atoms. The maximum atomic E-state index is 11.9. The van der Waals surface area contributed by atoms with E-state index >= 15 is 0 Å². The molecule has 3 N–H and O–H groups in total. The fraction of sp³-hybridized carbons (Fsp3) is 0.583. The highest BCUT2D eigenvalue weighted by atomic mass is 32.1. The molecule has 0 aromatic carbocycles. The Labute approximate surface area is 116 Å². The van der Waals surface area contributed by atoms with Gasteiger partial charge in [0.15, 0.2) is 0 Å². The molecule has 0 spiro atoms. The van der Waals surface area contributed by atoms with Crippen LogP contribution in [0.25, 0.3) is 0 Å². The first-order valence-electron chi connectivity index (χ1n) is 6.04. The smallest absolute Gasteiger partial charge is 0.315 e. The van der Waals surface area contributed by atoms with Crippen LogP contribution in [-0.2, 0) is 4.79 Å². The van der Waals surface area contributed by atoms with Gasteiger partial charge in [-0.3, -0.25) is 4.79 Å². The molecule has 0 bridgehead atoms. The molecule has 1 atom stereocenters. The van der Waals surface area contributed by atoms with Gasteiger partial charge < -0.3 is 15.7 Å². The number of hydrogen-bond donors (Lipinski definition) is 3. The molecule has 6 nitrogen and oxygen atoms in total. The van der Waals surface area contributed by atoms with Crippen molar-refractivity contribution in [3.8, 4) is 0 Å². The van der Waals surface area contributed by atoms with E-state index in [1.165, 1.54) is 11.3 Å². The molecule has 7 heteroatoms. The maximum Gasteiger partial charge on any atom is 0.315 e. The zero-order chi connectivity index (χ0) is 14.5. The number of nitrogens with one attached hydrogen (secondary N) is 2. The molecule has 106 valence electrons. The molecule has 1 aromatic rings. The summed E-state index contributed by atoms with van der Waals surface area (Å²) in [7, 11) is 0. The topological polar surface area (TPSA) is 91.3 Å². The van der Waals surface area contributed by atoms with Crippen molar-refractivity contribution < 1.29 is 14.7 Å². The predicted octanol–water partition coefficient (Wildman–Crippen LogP) is 2.15. The number of aliphatic carboxylic acids is 1. The number of carboxylic acid groups (broad SMARTS) is 1. The molecule has 0 radical (unpaired) electrons. The van der Waals surface area contributed by atoms with E-state index in [-0.39, 0.29) is 18.5 Å². The van der Waals surface area contributed by atoms with Gasteiger partial charge in [-0.1, -0.05) is 6.92 Å². The van der Waals surface area contributed by atoms with E-state index in [1.807, 2.05) is 12.3 Å². The van der Waals surface area contributed by atoms with Crippen LogP contribution < -0.4 is 10.6 Å². The van der Waals surface area contributed by atoms with Crippen molar-refractivity contribution in [2.45, 2.75) is 45.2 Å². The maximum absolute atomic E-state index is 11.9. The molecule has 1 aromatic heterocycles. The number of aromatic nitrogens is 1. The van der Waals surface area contributed by atoms with E-state index in [4.69, 9.17) is 5.11 Å². The molecule has 0 fully saturated rings. The summed E-state index contributed by atoms with van der Waals surface area (Å²) in [6.45, 7) is 5.30. The van der Waals surface area contributed by atoms with Gasteiger partial charge in [0.05, 0.1) is 12.5 Å². The first-order valence-corrected chi connectivity index (χ1v) is 6.92. The predicted molar refractivity (Wildman–Crippen MR) is 73.1 cm³/mol. The lowest BCUT2D eigenvalue weighted by atomic mass is 10.0. The molecule has 0 aliphatic heterocycles. The Morgan fingerprint density at radius 3 is 2.68 bits per heavy atom. The molecule has 1 heterocycles. The Balaban J connectivity index is 2.57. The largest absolute Gasteiger partial charge is 0.481 e. The highest BCUT2D eigenvalue weighted by Crippen LogP contribution is 2.18. The van der Waals surface area contributed by atoms with E-state index in [2.05, 4.69) is 15.6 Å². The third kappa shape index (κ3) is 5.25.